The quantitative estimate of drug-likeness (QED) is 0.661. The van der Waals surface area contributed by atoms with Gasteiger partial charge in [0.15, 0.2) is 5.82 Å². The smallest absolute Gasteiger partial charge is 0.230 e. The van der Waals surface area contributed by atoms with Crippen LogP contribution in [0.4, 0.5) is 0 Å². The van der Waals surface area contributed by atoms with Crippen molar-refractivity contribution in [1.29, 1.82) is 0 Å². The molecule has 1 saturated heterocycles. The molecule has 0 radical (unpaired) electrons. The zero-order chi connectivity index (χ0) is 18.1. The van der Waals surface area contributed by atoms with Crippen LogP contribution in [0.15, 0.2) is 36.7 Å². The van der Waals surface area contributed by atoms with Gasteiger partial charge in [0.1, 0.15) is 0 Å². The summed E-state index contributed by atoms with van der Waals surface area (Å²) in [4.78, 5) is 24.2. The molecule has 4 heterocycles. The highest BCUT2D eigenvalue weighted by atomic mass is 35.5. The molecule has 1 aliphatic heterocycles. The van der Waals surface area contributed by atoms with Crippen molar-refractivity contribution in [1.82, 2.24) is 19.3 Å². The van der Waals surface area contributed by atoms with Crippen molar-refractivity contribution in [2.24, 2.45) is 0 Å². The fraction of sp³-hybridized carbons (Fsp3) is 0.316. The van der Waals surface area contributed by atoms with Gasteiger partial charge in [0.05, 0.1) is 29.4 Å². The molecule has 1 fully saturated rings. The van der Waals surface area contributed by atoms with Gasteiger partial charge < -0.3 is 4.74 Å². The first-order valence-electron chi connectivity index (χ1n) is 8.56. The summed E-state index contributed by atoms with van der Waals surface area (Å²) in [7, 11) is 0. The van der Waals surface area contributed by atoms with Crippen molar-refractivity contribution in [3.05, 3.63) is 64.5 Å². The van der Waals surface area contributed by atoms with Crippen molar-refractivity contribution in [2.45, 2.75) is 13.5 Å². The average Bonchev–Trinajstić information content (AvgIpc) is 3.03. The molecule has 6 nitrogen and oxygen atoms in total. The summed E-state index contributed by atoms with van der Waals surface area (Å²) in [6, 6.07) is 7.54. The van der Waals surface area contributed by atoms with Crippen LogP contribution >= 0.6 is 11.6 Å². The fourth-order valence-corrected chi connectivity index (χ4v) is 3.38. The second-order valence-corrected chi connectivity index (χ2v) is 6.77. The number of aryl methyl sites for hydroxylation is 1. The van der Waals surface area contributed by atoms with E-state index in [1.807, 2.05) is 35.7 Å². The first-order valence-corrected chi connectivity index (χ1v) is 8.94. The van der Waals surface area contributed by atoms with E-state index in [2.05, 4.69) is 14.9 Å². The zero-order valence-electron chi connectivity index (χ0n) is 14.5. The lowest BCUT2D eigenvalue weighted by Gasteiger charge is -2.25. The van der Waals surface area contributed by atoms with E-state index in [1.165, 1.54) is 6.20 Å². The Labute approximate surface area is 156 Å². The molecule has 0 aromatic carbocycles. The fourth-order valence-electron chi connectivity index (χ4n) is 3.19. The van der Waals surface area contributed by atoms with Gasteiger partial charge in [-0.25, -0.2) is 4.98 Å². The highest BCUT2D eigenvalue weighted by molar-refractivity contribution is 6.34. The van der Waals surface area contributed by atoms with E-state index in [0.29, 0.717) is 23.0 Å². The molecule has 0 N–H and O–H groups in total. The molecule has 26 heavy (non-hydrogen) atoms. The van der Waals surface area contributed by atoms with E-state index in [-0.39, 0.29) is 5.78 Å². The molecule has 4 rings (SSSR count). The molecule has 1 aliphatic rings. The van der Waals surface area contributed by atoms with E-state index >= 15 is 0 Å². The van der Waals surface area contributed by atoms with Gasteiger partial charge in [-0.05, 0) is 25.1 Å². The van der Waals surface area contributed by atoms with E-state index in [9.17, 15) is 4.79 Å². The summed E-state index contributed by atoms with van der Waals surface area (Å²) in [6.07, 6.45) is 3.37. The molecule has 0 atom stereocenters. The number of imidazole rings is 1. The number of pyridine rings is 2. The topological polar surface area (TPSA) is 59.7 Å². The maximum atomic E-state index is 13.1. The van der Waals surface area contributed by atoms with Crippen LogP contribution in [-0.4, -0.2) is 51.4 Å². The number of aromatic nitrogens is 3. The predicted octanol–water partition coefficient (Wildman–Crippen LogP) is 2.75. The number of hydrogen-bond acceptors (Lipinski definition) is 5. The monoisotopic (exact) mass is 370 g/mol. The Morgan fingerprint density at radius 1 is 1.31 bits per heavy atom. The molecule has 0 spiro atoms. The van der Waals surface area contributed by atoms with Gasteiger partial charge in [0, 0.05) is 43.3 Å². The number of fused-ring (bicyclic) bond motifs is 1. The normalized spacial score (nSPS) is 15.5. The first kappa shape index (κ1) is 17.1. The van der Waals surface area contributed by atoms with E-state index in [0.717, 1.165) is 43.2 Å². The summed E-state index contributed by atoms with van der Waals surface area (Å²) in [6.45, 7) is 5.70. The van der Waals surface area contributed by atoms with Crippen molar-refractivity contribution >= 4 is 22.9 Å². The van der Waals surface area contributed by atoms with Gasteiger partial charge in [-0.1, -0.05) is 17.7 Å². The van der Waals surface area contributed by atoms with Crippen molar-refractivity contribution < 1.29 is 9.53 Å². The summed E-state index contributed by atoms with van der Waals surface area (Å²) >= 11 is 6.21. The molecular formula is C19H19ClN4O2. The lowest BCUT2D eigenvalue weighted by molar-refractivity contribution is 0.0338. The Bertz CT molecular complexity index is 963. The first-order chi connectivity index (χ1) is 12.6. The van der Waals surface area contributed by atoms with Crippen LogP contribution in [0.25, 0.3) is 5.52 Å². The predicted molar refractivity (Wildman–Crippen MR) is 98.7 cm³/mol. The molecule has 0 amide bonds. The number of ether oxygens (including phenoxy) is 1. The third-order valence-corrected chi connectivity index (χ3v) is 4.84. The summed E-state index contributed by atoms with van der Waals surface area (Å²) in [5, 5.41) is 0.336. The van der Waals surface area contributed by atoms with Gasteiger partial charge in [0.2, 0.25) is 5.78 Å². The molecule has 134 valence electrons. The number of hydrogen-bond donors (Lipinski definition) is 0. The maximum Gasteiger partial charge on any atom is 0.230 e. The Morgan fingerprint density at radius 2 is 2.12 bits per heavy atom. The van der Waals surface area contributed by atoms with Crippen LogP contribution in [0.5, 0.6) is 0 Å². The highest BCUT2D eigenvalue weighted by Crippen LogP contribution is 2.22. The summed E-state index contributed by atoms with van der Waals surface area (Å²) in [5.41, 5.74) is 2.99. The largest absolute Gasteiger partial charge is 0.379 e. The molecular weight excluding hydrogens is 352 g/mol. The van der Waals surface area contributed by atoms with Gasteiger partial charge in [-0.15, -0.1) is 0 Å². The number of carbonyl (C=O) groups is 1. The third-order valence-electron chi connectivity index (χ3n) is 4.54. The van der Waals surface area contributed by atoms with Crippen molar-refractivity contribution in [2.75, 3.05) is 26.3 Å². The number of rotatable bonds is 4. The second-order valence-electron chi connectivity index (χ2n) is 6.36. The second kappa shape index (κ2) is 7.15. The third kappa shape index (κ3) is 3.23. The average molecular weight is 371 g/mol. The standard InChI is InChI=1S/C19H19ClN4O2/c1-13-10-14(15(20)11-21-13)18(25)19-22-16(12-23-6-8-26-9-7-23)17-4-2-3-5-24(17)19/h2-5,10-11H,6-9,12H2,1H3. The molecule has 0 saturated carbocycles. The Morgan fingerprint density at radius 3 is 2.92 bits per heavy atom. The lowest BCUT2D eigenvalue weighted by Crippen LogP contribution is -2.35. The minimum absolute atomic E-state index is 0.199. The zero-order valence-corrected chi connectivity index (χ0v) is 15.2. The van der Waals surface area contributed by atoms with Crippen LogP contribution in [0.3, 0.4) is 0 Å². The maximum absolute atomic E-state index is 13.1. The van der Waals surface area contributed by atoms with Gasteiger partial charge in [0.25, 0.3) is 0 Å². The number of ketones is 1. The number of nitrogens with zero attached hydrogens (tertiary/aromatic N) is 4. The molecule has 3 aromatic heterocycles. The molecule has 0 aliphatic carbocycles. The summed E-state index contributed by atoms with van der Waals surface area (Å²) < 4.78 is 7.25. The highest BCUT2D eigenvalue weighted by Gasteiger charge is 2.22. The van der Waals surface area contributed by atoms with Gasteiger partial charge in [-0.2, -0.15) is 0 Å². The van der Waals surface area contributed by atoms with Crippen LogP contribution in [0.1, 0.15) is 27.6 Å². The van der Waals surface area contributed by atoms with Crippen molar-refractivity contribution in [3.63, 3.8) is 0 Å². The molecule has 0 unspecified atom stereocenters. The minimum atomic E-state index is -0.199. The molecule has 0 bridgehead atoms. The molecule has 3 aromatic rings. The van der Waals surface area contributed by atoms with E-state index in [1.54, 1.807) is 6.07 Å². The lowest BCUT2D eigenvalue weighted by atomic mass is 10.1. The Hall–Kier alpha value is -2.28. The molecule has 7 heteroatoms. The number of morpholine rings is 1. The van der Waals surface area contributed by atoms with Crippen LogP contribution in [0, 0.1) is 6.92 Å². The number of carbonyl (C=O) groups excluding carboxylic acids is 1. The number of halogens is 1. The van der Waals surface area contributed by atoms with Gasteiger partial charge >= 0.3 is 0 Å². The SMILES string of the molecule is Cc1cc(C(=O)c2nc(CN3CCOCC3)c3ccccn23)c(Cl)cn1. The van der Waals surface area contributed by atoms with Crippen molar-refractivity contribution in [3.8, 4) is 0 Å². The van der Waals surface area contributed by atoms with Gasteiger partial charge in [-0.3, -0.25) is 19.1 Å². The minimum Gasteiger partial charge on any atom is -0.379 e. The Kier molecular flexibility index (Phi) is 4.72. The Balaban J connectivity index is 1.75. The van der Waals surface area contributed by atoms with E-state index in [4.69, 9.17) is 16.3 Å². The van der Waals surface area contributed by atoms with E-state index < -0.39 is 0 Å². The van der Waals surface area contributed by atoms with Crippen LogP contribution in [-0.2, 0) is 11.3 Å². The van der Waals surface area contributed by atoms with Crippen LogP contribution < -0.4 is 0 Å². The van der Waals surface area contributed by atoms with Crippen LogP contribution in [0.2, 0.25) is 5.02 Å². The summed E-state index contributed by atoms with van der Waals surface area (Å²) in [5.74, 6) is 0.172.